The quantitative estimate of drug-likeness (QED) is 0.905. The average molecular weight is 293 g/mol. The summed E-state index contributed by atoms with van der Waals surface area (Å²) in [6.45, 7) is 7.62. The van der Waals surface area contributed by atoms with E-state index in [2.05, 4.69) is 25.3 Å². The van der Waals surface area contributed by atoms with Crippen molar-refractivity contribution in [1.29, 1.82) is 0 Å². The molecule has 20 heavy (non-hydrogen) atoms. The zero-order valence-electron chi connectivity index (χ0n) is 11.6. The van der Waals surface area contributed by atoms with Gasteiger partial charge in [0.25, 0.3) is 5.95 Å². The third kappa shape index (κ3) is 2.48. The van der Waals surface area contributed by atoms with Crippen LogP contribution in [0.4, 0.5) is 5.82 Å². The first-order valence-electron chi connectivity index (χ1n) is 6.67. The van der Waals surface area contributed by atoms with Gasteiger partial charge in [-0.05, 0) is 19.9 Å². The minimum absolute atomic E-state index is 0.563. The number of hydrogen-bond donors (Lipinski definition) is 1. The second-order valence-corrected chi connectivity index (χ2v) is 5.32. The van der Waals surface area contributed by atoms with Crippen LogP contribution in [0.5, 0.6) is 0 Å². The van der Waals surface area contributed by atoms with E-state index in [4.69, 9.17) is 11.6 Å². The van der Waals surface area contributed by atoms with Crippen LogP contribution in [0.3, 0.4) is 0 Å². The highest BCUT2D eigenvalue weighted by molar-refractivity contribution is 6.32. The Morgan fingerprint density at radius 2 is 2.00 bits per heavy atom. The van der Waals surface area contributed by atoms with Gasteiger partial charge in [0.05, 0.1) is 11.9 Å². The molecular formula is C13H17ClN6. The van der Waals surface area contributed by atoms with Gasteiger partial charge in [-0.3, -0.25) is 0 Å². The van der Waals surface area contributed by atoms with Gasteiger partial charge in [0.2, 0.25) is 0 Å². The molecule has 0 aliphatic carbocycles. The van der Waals surface area contributed by atoms with Gasteiger partial charge in [-0.2, -0.15) is 10.1 Å². The average Bonchev–Trinajstić information content (AvgIpc) is 2.79. The predicted molar refractivity (Wildman–Crippen MR) is 78.7 cm³/mol. The summed E-state index contributed by atoms with van der Waals surface area (Å²) >= 11 is 6.25. The van der Waals surface area contributed by atoms with Crippen LogP contribution in [-0.2, 0) is 0 Å². The Kier molecular flexibility index (Phi) is 3.58. The Morgan fingerprint density at radius 1 is 1.25 bits per heavy atom. The maximum atomic E-state index is 6.25. The van der Waals surface area contributed by atoms with Crippen LogP contribution in [0.1, 0.15) is 11.4 Å². The molecule has 0 bridgehead atoms. The summed E-state index contributed by atoms with van der Waals surface area (Å²) in [6, 6.07) is 2.00. The first kappa shape index (κ1) is 13.3. The first-order valence-corrected chi connectivity index (χ1v) is 7.05. The maximum absolute atomic E-state index is 6.25. The molecule has 1 fully saturated rings. The molecular weight excluding hydrogens is 276 g/mol. The van der Waals surface area contributed by atoms with Crippen LogP contribution in [0, 0.1) is 13.8 Å². The number of nitrogens with zero attached hydrogens (tertiary/aromatic N) is 5. The molecule has 0 amide bonds. The Hall–Kier alpha value is -1.66. The normalized spacial score (nSPS) is 15.7. The van der Waals surface area contributed by atoms with E-state index in [9.17, 15) is 0 Å². The topological polar surface area (TPSA) is 58.9 Å². The molecule has 2 aromatic rings. The molecule has 3 rings (SSSR count). The van der Waals surface area contributed by atoms with Crippen molar-refractivity contribution in [2.75, 3.05) is 31.1 Å². The highest BCUT2D eigenvalue weighted by Crippen LogP contribution is 2.24. The fourth-order valence-corrected chi connectivity index (χ4v) is 2.59. The van der Waals surface area contributed by atoms with E-state index in [-0.39, 0.29) is 0 Å². The van der Waals surface area contributed by atoms with E-state index < -0.39 is 0 Å². The van der Waals surface area contributed by atoms with Gasteiger partial charge in [0.15, 0.2) is 5.82 Å². The van der Waals surface area contributed by atoms with Crippen molar-refractivity contribution in [3.8, 4) is 5.95 Å². The van der Waals surface area contributed by atoms with E-state index in [0.29, 0.717) is 11.0 Å². The molecule has 106 valence electrons. The Morgan fingerprint density at radius 3 is 2.65 bits per heavy atom. The van der Waals surface area contributed by atoms with Gasteiger partial charge in [0.1, 0.15) is 5.02 Å². The van der Waals surface area contributed by atoms with Gasteiger partial charge < -0.3 is 10.2 Å². The molecule has 1 saturated heterocycles. The SMILES string of the molecule is Cc1cc(C)n(-c2ncc(Cl)c(N3CCNCC3)n2)n1. The van der Waals surface area contributed by atoms with Crippen molar-refractivity contribution < 1.29 is 0 Å². The fraction of sp³-hybridized carbons (Fsp3) is 0.462. The van der Waals surface area contributed by atoms with E-state index in [1.165, 1.54) is 0 Å². The second kappa shape index (κ2) is 5.38. The molecule has 0 radical (unpaired) electrons. The number of anilines is 1. The molecule has 0 saturated carbocycles. The molecule has 1 N–H and O–H groups in total. The van der Waals surface area contributed by atoms with Gasteiger partial charge >= 0.3 is 0 Å². The lowest BCUT2D eigenvalue weighted by Crippen LogP contribution is -2.44. The number of hydrogen-bond acceptors (Lipinski definition) is 5. The van der Waals surface area contributed by atoms with E-state index in [1.807, 2.05) is 19.9 Å². The third-order valence-electron chi connectivity index (χ3n) is 3.33. The Balaban J connectivity index is 1.99. The van der Waals surface area contributed by atoms with Gasteiger partial charge in [0, 0.05) is 31.9 Å². The molecule has 0 atom stereocenters. The first-order chi connectivity index (χ1) is 9.65. The minimum Gasteiger partial charge on any atom is -0.353 e. The van der Waals surface area contributed by atoms with E-state index in [1.54, 1.807) is 10.9 Å². The van der Waals surface area contributed by atoms with Crippen LogP contribution in [-0.4, -0.2) is 45.9 Å². The van der Waals surface area contributed by atoms with E-state index >= 15 is 0 Å². The second-order valence-electron chi connectivity index (χ2n) is 4.92. The third-order valence-corrected chi connectivity index (χ3v) is 3.60. The van der Waals surface area contributed by atoms with Crippen molar-refractivity contribution in [2.45, 2.75) is 13.8 Å². The van der Waals surface area contributed by atoms with Crippen LogP contribution in [0.2, 0.25) is 5.02 Å². The number of nitrogens with one attached hydrogen (secondary N) is 1. The molecule has 2 aromatic heterocycles. The highest BCUT2D eigenvalue weighted by atomic mass is 35.5. The van der Waals surface area contributed by atoms with Gasteiger partial charge in [-0.15, -0.1) is 0 Å². The zero-order chi connectivity index (χ0) is 14.1. The van der Waals surface area contributed by atoms with Crippen molar-refractivity contribution >= 4 is 17.4 Å². The molecule has 1 aliphatic rings. The van der Waals surface area contributed by atoms with Crippen molar-refractivity contribution in [3.63, 3.8) is 0 Å². The summed E-state index contributed by atoms with van der Waals surface area (Å²) in [6.07, 6.45) is 1.65. The summed E-state index contributed by atoms with van der Waals surface area (Å²) < 4.78 is 1.75. The van der Waals surface area contributed by atoms with Crippen LogP contribution < -0.4 is 10.2 Å². The Bertz CT molecular complexity index is 617. The smallest absolute Gasteiger partial charge is 0.252 e. The predicted octanol–water partition coefficient (Wildman–Crippen LogP) is 1.34. The number of halogens is 1. The maximum Gasteiger partial charge on any atom is 0.252 e. The summed E-state index contributed by atoms with van der Waals surface area (Å²) in [7, 11) is 0. The van der Waals surface area contributed by atoms with E-state index in [0.717, 1.165) is 43.4 Å². The standard InChI is InChI=1S/C13H17ClN6/c1-9-7-10(2)20(18-9)13-16-8-11(14)12(17-13)19-5-3-15-4-6-19/h7-8,15H,3-6H2,1-2H3. The van der Waals surface area contributed by atoms with Crippen molar-refractivity contribution in [2.24, 2.45) is 0 Å². The summed E-state index contributed by atoms with van der Waals surface area (Å²) in [5, 5.41) is 8.31. The molecule has 7 heteroatoms. The minimum atomic E-state index is 0.563. The molecule has 6 nitrogen and oxygen atoms in total. The van der Waals surface area contributed by atoms with Crippen LogP contribution >= 0.6 is 11.6 Å². The molecule has 3 heterocycles. The molecule has 0 aromatic carbocycles. The van der Waals surface area contributed by atoms with Gasteiger partial charge in [-0.1, -0.05) is 11.6 Å². The lowest BCUT2D eigenvalue weighted by atomic mass is 10.3. The van der Waals surface area contributed by atoms with Crippen LogP contribution in [0.25, 0.3) is 5.95 Å². The number of aromatic nitrogens is 4. The summed E-state index contributed by atoms with van der Waals surface area (Å²) in [5.41, 5.74) is 1.96. The van der Waals surface area contributed by atoms with Gasteiger partial charge in [-0.25, -0.2) is 9.67 Å². The van der Waals surface area contributed by atoms with Crippen LogP contribution in [0.15, 0.2) is 12.3 Å². The monoisotopic (exact) mass is 292 g/mol. The lowest BCUT2D eigenvalue weighted by Gasteiger charge is -2.29. The molecule has 0 spiro atoms. The number of rotatable bonds is 2. The highest BCUT2D eigenvalue weighted by Gasteiger charge is 2.17. The largest absolute Gasteiger partial charge is 0.353 e. The molecule has 0 unspecified atom stereocenters. The summed E-state index contributed by atoms with van der Waals surface area (Å²) in [4.78, 5) is 11.1. The zero-order valence-corrected chi connectivity index (χ0v) is 12.4. The molecule has 1 aliphatic heterocycles. The lowest BCUT2D eigenvalue weighted by molar-refractivity contribution is 0.583. The Labute approximate surface area is 122 Å². The fourth-order valence-electron chi connectivity index (χ4n) is 2.38. The van der Waals surface area contributed by atoms with Crippen molar-refractivity contribution in [3.05, 3.63) is 28.7 Å². The summed E-state index contributed by atoms with van der Waals surface area (Å²) in [5.74, 6) is 1.35. The number of piperazine rings is 1. The number of aryl methyl sites for hydroxylation is 2. The van der Waals surface area contributed by atoms with Crippen molar-refractivity contribution in [1.82, 2.24) is 25.1 Å².